The monoisotopic (exact) mass is 586 g/mol. The molecule has 4 aromatic heterocycles. The van der Waals surface area contributed by atoms with Crippen LogP contribution in [0.4, 0.5) is 30.1 Å². The number of halogens is 3. The van der Waals surface area contributed by atoms with Gasteiger partial charge in [-0.2, -0.15) is 13.2 Å². The Morgan fingerprint density at radius 2 is 1.75 bits per heavy atom. The molecule has 14 heteroatoms. The smallest absolute Gasteiger partial charge is 0.351 e. The largest absolute Gasteiger partial charge is 0.419 e. The molecule has 6 heterocycles. The van der Waals surface area contributed by atoms with Gasteiger partial charge < -0.3 is 15.5 Å². The van der Waals surface area contributed by atoms with Crippen molar-refractivity contribution in [2.24, 2.45) is 0 Å². The third-order valence-electron chi connectivity index (χ3n) is 7.17. The SMILES string of the molecule is Cc1nc(C)c(-c2csc(Nc3ccc(C(=O)N4C5CC[C@@H]4CC(Nc4ncc(C(F)(F)F)cn4)C5)cn3)n2)s1. The van der Waals surface area contributed by atoms with Crippen molar-refractivity contribution in [3.63, 3.8) is 0 Å². The molecule has 1 amide bonds. The minimum Gasteiger partial charge on any atom is -0.351 e. The van der Waals surface area contributed by atoms with Gasteiger partial charge >= 0.3 is 6.18 Å². The number of aryl methyl sites for hydroxylation is 2. The summed E-state index contributed by atoms with van der Waals surface area (Å²) in [5.74, 6) is 0.689. The number of nitrogens with one attached hydrogen (secondary N) is 2. The van der Waals surface area contributed by atoms with Gasteiger partial charge in [0, 0.05) is 42.1 Å². The Balaban J connectivity index is 1.07. The molecule has 3 atom stereocenters. The van der Waals surface area contributed by atoms with E-state index >= 15 is 0 Å². The highest BCUT2D eigenvalue weighted by Crippen LogP contribution is 2.38. The summed E-state index contributed by atoms with van der Waals surface area (Å²) in [6.07, 6.45) is 1.76. The van der Waals surface area contributed by atoms with Crippen molar-refractivity contribution in [3.05, 3.63) is 57.9 Å². The number of anilines is 3. The Kier molecular flexibility index (Phi) is 6.90. The molecule has 2 N–H and O–H groups in total. The fourth-order valence-corrected chi connectivity index (χ4v) is 7.08. The predicted octanol–water partition coefficient (Wildman–Crippen LogP) is 6.08. The summed E-state index contributed by atoms with van der Waals surface area (Å²) in [6, 6.07) is 3.58. The van der Waals surface area contributed by atoms with Crippen molar-refractivity contribution in [1.29, 1.82) is 0 Å². The van der Waals surface area contributed by atoms with E-state index in [2.05, 4.69) is 35.6 Å². The Bertz CT molecular complexity index is 1510. The van der Waals surface area contributed by atoms with E-state index in [0.29, 0.717) is 29.4 Å². The van der Waals surface area contributed by atoms with E-state index in [9.17, 15) is 18.0 Å². The standard InChI is InChI=1S/C26H25F3N8OS2/c1-13-22(40-14(2)33-13)20-12-39-25(35-20)36-21-6-3-15(9-30-21)23(38)37-18-4-5-19(37)8-17(7-18)34-24-31-10-16(11-32-24)26(27,28)29/h3,6,9-12,17-19H,4-5,7-8H2,1-2H3,(H,30,35,36)(H,31,32,34)/t17?,18-,19?/m1/s1. The van der Waals surface area contributed by atoms with Crippen molar-refractivity contribution in [2.45, 2.75) is 63.8 Å². The number of aromatic nitrogens is 5. The van der Waals surface area contributed by atoms with Crippen LogP contribution in [0.2, 0.25) is 0 Å². The van der Waals surface area contributed by atoms with Gasteiger partial charge in [-0.25, -0.2) is 24.9 Å². The van der Waals surface area contributed by atoms with E-state index in [1.165, 1.54) is 11.3 Å². The highest BCUT2D eigenvalue weighted by molar-refractivity contribution is 7.16. The minimum absolute atomic E-state index is 0.0242. The Morgan fingerprint density at radius 1 is 1.02 bits per heavy atom. The molecular formula is C26H25F3N8OS2. The molecule has 208 valence electrons. The summed E-state index contributed by atoms with van der Waals surface area (Å²) in [4.78, 5) is 37.6. The lowest BCUT2D eigenvalue weighted by molar-refractivity contribution is -0.138. The van der Waals surface area contributed by atoms with Gasteiger partial charge in [-0.3, -0.25) is 4.79 Å². The maximum absolute atomic E-state index is 13.4. The van der Waals surface area contributed by atoms with Gasteiger partial charge in [0.2, 0.25) is 5.95 Å². The molecular weight excluding hydrogens is 561 g/mol. The molecule has 6 rings (SSSR count). The second kappa shape index (κ2) is 10.4. The van der Waals surface area contributed by atoms with Crippen LogP contribution in [0.1, 0.15) is 52.3 Å². The van der Waals surface area contributed by atoms with Gasteiger partial charge in [-0.1, -0.05) is 0 Å². The van der Waals surface area contributed by atoms with Gasteiger partial charge in [0.05, 0.1) is 32.4 Å². The van der Waals surface area contributed by atoms with Gasteiger partial charge in [0.25, 0.3) is 5.91 Å². The van der Waals surface area contributed by atoms with Crippen LogP contribution in [-0.4, -0.2) is 53.9 Å². The van der Waals surface area contributed by atoms with E-state index < -0.39 is 11.7 Å². The molecule has 0 aromatic carbocycles. The number of carbonyl (C=O) groups excluding carboxylic acids is 1. The number of rotatable bonds is 6. The number of alkyl halides is 3. The molecule has 2 fully saturated rings. The van der Waals surface area contributed by atoms with E-state index in [-0.39, 0.29) is 30.0 Å². The van der Waals surface area contributed by atoms with Crippen LogP contribution in [0.3, 0.4) is 0 Å². The Hall–Kier alpha value is -3.65. The third kappa shape index (κ3) is 5.37. The number of hydrogen-bond donors (Lipinski definition) is 2. The second-order valence-electron chi connectivity index (χ2n) is 9.95. The van der Waals surface area contributed by atoms with Crippen LogP contribution in [0, 0.1) is 13.8 Å². The van der Waals surface area contributed by atoms with Crippen molar-refractivity contribution < 1.29 is 18.0 Å². The van der Waals surface area contributed by atoms with Crippen molar-refractivity contribution in [1.82, 2.24) is 29.8 Å². The zero-order valence-corrected chi connectivity index (χ0v) is 23.2. The van der Waals surface area contributed by atoms with Crippen LogP contribution in [0.5, 0.6) is 0 Å². The first-order chi connectivity index (χ1) is 19.1. The van der Waals surface area contributed by atoms with Crippen LogP contribution in [-0.2, 0) is 6.18 Å². The number of nitrogens with zero attached hydrogens (tertiary/aromatic N) is 6. The molecule has 2 unspecified atom stereocenters. The van der Waals surface area contributed by atoms with Gasteiger partial charge in [0.1, 0.15) is 5.82 Å². The summed E-state index contributed by atoms with van der Waals surface area (Å²) in [6.45, 7) is 3.95. The minimum atomic E-state index is -4.47. The first-order valence-corrected chi connectivity index (χ1v) is 14.4. The molecule has 2 saturated heterocycles. The lowest BCUT2D eigenvalue weighted by Gasteiger charge is -2.39. The molecule has 9 nitrogen and oxygen atoms in total. The summed E-state index contributed by atoms with van der Waals surface area (Å²) >= 11 is 3.09. The van der Waals surface area contributed by atoms with Crippen molar-refractivity contribution in [2.75, 3.05) is 10.6 Å². The number of thiazole rings is 2. The molecule has 0 saturated carbocycles. The molecule has 0 spiro atoms. The molecule has 0 aliphatic carbocycles. The van der Waals surface area contributed by atoms with E-state index in [4.69, 9.17) is 0 Å². The maximum Gasteiger partial charge on any atom is 0.419 e. The zero-order valence-electron chi connectivity index (χ0n) is 21.6. The average Bonchev–Trinajstić information content (AvgIpc) is 3.59. The first kappa shape index (κ1) is 26.6. The van der Waals surface area contributed by atoms with E-state index in [1.54, 1.807) is 29.7 Å². The molecule has 2 aliphatic heterocycles. The number of piperidine rings is 1. The molecule has 4 aromatic rings. The molecule has 40 heavy (non-hydrogen) atoms. The number of carbonyl (C=O) groups is 1. The first-order valence-electron chi connectivity index (χ1n) is 12.8. The second-order valence-corrected chi connectivity index (χ2v) is 12.0. The number of fused-ring (bicyclic) bond motifs is 2. The Labute approximate surface area is 236 Å². The van der Waals surface area contributed by atoms with Gasteiger partial charge in [-0.15, -0.1) is 22.7 Å². The summed E-state index contributed by atoms with van der Waals surface area (Å²) in [5.41, 5.74) is 1.46. The molecule has 0 radical (unpaired) electrons. The molecule has 2 bridgehead atoms. The molecule has 2 aliphatic rings. The van der Waals surface area contributed by atoms with Gasteiger partial charge in [0.15, 0.2) is 5.13 Å². The summed E-state index contributed by atoms with van der Waals surface area (Å²) < 4.78 is 38.4. The summed E-state index contributed by atoms with van der Waals surface area (Å²) in [5, 5.41) is 10.0. The topological polar surface area (TPSA) is 109 Å². The average molecular weight is 587 g/mol. The van der Waals surface area contributed by atoms with Crippen LogP contribution < -0.4 is 10.6 Å². The highest BCUT2D eigenvalue weighted by atomic mass is 32.1. The zero-order chi connectivity index (χ0) is 28.0. The fraction of sp³-hybridized carbons (Fsp3) is 0.385. The van der Waals surface area contributed by atoms with E-state index in [1.807, 2.05) is 24.1 Å². The lowest BCUT2D eigenvalue weighted by Crippen LogP contribution is -2.49. The van der Waals surface area contributed by atoms with E-state index in [0.717, 1.165) is 46.5 Å². The highest BCUT2D eigenvalue weighted by Gasteiger charge is 2.43. The fourth-order valence-electron chi connectivity index (χ4n) is 5.42. The van der Waals surface area contributed by atoms with Crippen molar-refractivity contribution in [3.8, 4) is 10.6 Å². The van der Waals surface area contributed by atoms with Crippen molar-refractivity contribution >= 4 is 45.5 Å². The maximum atomic E-state index is 13.4. The van der Waals surface area contributed by atoms with Crippen LogP contribution in [0.15, 0.2) is 36.1 Å². The quantitative estimate of drug-likeness (QED) is 0.280. The third-order valence-corrected chi connectivity index (χ3v) is 9.02. The number of amides is 1. The predicted molar refractivity (Wildman–Crippen MR) is 147 cm³/mol. The lowest BCUT2D eigenvalue weighted by atomic mass is 9.96. The summed E-state index contributed by atoms with van der Waals surface area (Å²) in [7, 11) is 0. The Morgan fingerprint density at radius 3 is 2.35 bits per heavy atom. The van der Waals surface area contributed by atoms with Gasteiger partial charge in [-0.05, 0) is 51.7 Å². The number of hydrogen-bond acceptors (Lipinski definition) is 10. The number of pyridine rings is 1. The van der Waals surface area contributed by atoms with Crippen LogP contribution >= 0.6 is 22.7 Å². The van der Waals surface area contributed by atoms with Crippen LogP contribution in [0.25, 0.3) is 10.6 Å². The normalized spacial score (nSPS) is 20.5.